The Bertz CT molecular complexity index is 1100. The van der Waals surface area contributed by atoms with Crippen molar-refractivity contribution in [2.75, 3.05) is 20.1 Å². The number of carbonyl (C=O) groups is 1. The first-order valence-electron chi connectivity index (χ1n) is 9.83. The number of nitrogens with zero attached hydrogens (tertiary/aromatic N) is 2. The smallest absolute Gasteiger partial charge is 0.343 e. The molecule has 1 heterocycles. The average molecular weight is 417 g/mol. The molecule has 0 amide bonds. The topological polar surface area (TPSA) is 53.3 Å². The number of rotatable bonds is 3. The Balaban J connectivity index is 1.69. The Labute approximate surface area is 181 Å². The molecule has 0 unspecified atom stereocenters. The van der Waals surface area contributed by atoms with E-state index < -0.39 is 5.97 Å². The Hall–Kier alpha value is -3.13. The van der Waals surface area contributed by atoms with Crippen LogP contribution in [0.1, 0.15) is 38.5 Å². The van der Waals surface area contributed by atoms with Gasteiger partial charge in [0.25, 0.3) is 0 Å². The molecular weight excluding hydrogens is 396 g/mol. The first-order valence-corrected chi connectivity index (χ1v) is 10.2. The zero-order valence-corrected chi connectivity index (χ0v) is 17.4. The van der Waals surface area contributed by atoms with Gasteiger partial charge in [-0.3, -0.25) is 0 Å². The van der Waals surface area contributed by atoms with Crippen LogP contribution in [0.5, 0.6) is 5.75 Å². The molecule has 4 rings (SSSR count). The van der Waals surface area contributed by atoms with Gasteiger partial charge in [0.05, 0.1) is 22.2 Å². The monoisotopic (exact) mass is 416 g/mol. The SMILES string of the molecule is CN1CCc2cc(Cl)c(OC(=O)c3ccc(C#N)cc3)cc2[C@H](c2ccccc2)C1. The maximum absolute atomic E-state index is 12.6. The van der Waals surface area contributed by atoms with E-state index in [-0.39, 0.29) is 5.92 Å². The van der Waals surface area contributed by atoms with Gasteiger partial charge < -0.3 is 9.64 Å². The molecule has 0 spiro atoms. The molecule has 3 aromatic rings. The van der Waals surface area contributed by atoms with Crippen LogP contribution < -0.4 is 4.74 Å². The van der Waals surface area contributed by atoms with E-state index in [0.717, 1.165) is 25.1 Å². The lowest BCUT2D eigenvalue weighted by molar-refractivity contribution is 0.0734. The first kappa shape index (κ1) is 20.2. The largest absolute Gasteiger partial charge is 0.421 e. The molecular formula is C25H21ClN2O2. The van der Waals surface area contributed by atoms with Gasteiger partial charge >= 0.3 is 5.97 Å². The normalized spacial score (nSPS) is 16.2. The van der Waals surface area contributed by atoms with Crippen LogP contribution in [0.4, 0.5) is 0 Å². The van der Waals surface area contributed by atoms with E-state index in [1.54, 1.807) is 24.3 Å². The lowest BCUT2D eigenvalue weighted by atomic mass is 9.88. The number of hydrogen-bond donors (Lipinski definition) is 0. The van der Waals surface area contributed by atoms with Crippen molar-refractivity contribution in [2.24, 2.45) is 0 Å². The average Bonchev–Trinajstić information content (AvgIpc) is 2.93. The number of halogens is 1. The van der Waals surface area contributed by atoms with Crippen LogP contribution in [-0.4, -0.2) is 31.0 Å². The molecule has 3 aromatic carbocycles. The van der Waals surface area contributed by atoms with Gasteiger partial charge in [-0.2, -0.15) is 5.26 Å². The summed E-state index contributed by atoms with van der Waals surface area (Å²) in [4.78, 5) is 14.9. The van der Waals surface area contributed by atoms with Gasteiger partial charge in [0.1, 0.15) is 5.75 Å². The Morgan fingerprint density at radius 3 is 2.57 bits per heavy atom. The zero-order valence-electron chi connectivity index (χ0n) is 16.6. The number of ether oxygens (including phenoxy) is 1. The van der Waals surface area contributed by atoms with E-state index in [1.807, 2.05) is 36.4 Å². The molecule has 0 radical (unpaired) electrons. The molecule has 30 heavy (non-hydrogen) atoms. The molecule has 0 aromatic heterocycles. The third-order valence-corrected chi connectivity index (χ3v) is 5.78. The predicted octanol–water partition coefficient (Wildman–Crippen LogP) is 5.05. The Morgan fingerprint density at radius 1 is 1.13 bits per heavy atom. The molecule has 0 fully saturated rings. The van der Waals surface area contributed by atoms with E-state index in [1.165, 1.54) is 11.1 Å². The molecule has 5 heteroatoms. The Morgan fingerprint density at radius 2 is 1.87 bits per heavy atom. The summed E-state index contributed by atoms with van der Waals surface area (Å²) in [5.41, 5.74) is 4.40. The van der Waals surface area contributed by atoms with Crippen LogP contribution in [0.3, 0.4) is 0 Å². The quantitative estimate of drug-likeness (QED) is 0.443. The van der Waals surface area contributed by atoms with Crippen molar-refractivity contribution >= 4 is 17.6 Å². The van der Waals surface area contributed by atoms with Crippen molar-refractivity contribution in [3.8, 4) is 11.8 Å². The van der Waals surface area contributed by atoms with Crippen LogP contribution in [0.25, 0.3) is 0 Å². The minimum absolute atomic E-state index is 0.165. The van der Waals surface area contributed by atoms with Crippen LogP contribution in [0, 0.1) is 11.3 Å². The second-order valence-electron chi connectivity index (χ2n) is 7.54. The molecule has 0 N–H and O–H groups in total. The van der Waals surface area contributed by atoms with E-state index in [9.17, 15) is 4.79 Å². The molecule has 0 saturated carbocycles. The fourth-order valence-corrected chi connectivity index (χ4v) is 4.08. The summed E-state index contributed by atoms with van der Waals surface area (Å²) in [5.74, 6) is 0.0249. The molecule has 150 valence electrons. The van der Waals surface area contributed by atoms with Gasteiger partial charge in [-0.25, -0.2) is 4.79 Å². The van der Waals surface area contributed by atoms with E-state index in [2.05, 4.69) is 24.1 Å². The number of benzene rings is 3. The summed E-state index contributed by atoms with van der Waals surface area (Å²) >= 11 is 6.49. The zero-order chi connectivity index (χ0) is 21.1. The summed E-state index contributed by atoms with van der Waals surface area (Å²) in [6, 6.07) is 22.6. The van der Waals surface area contributed by atoms with Crippen LogP contribution in [0.15, 0.2) is 66.7 Å². The van der Waals surface area contributed by atoms with Crippen LogP contribution in [-0.2, 0) is 6.42 Å². The van der Waals surface area contributed by atoms with Crippen molar-refractivity contribution in [3.63, 3.8) is 0 Å². The minimum atomic E-state index is -0.497. The highest BCUT2D eigenvalue weighted by atomic mass is 35.5. The highest BCUT2D eigenvalue weighted by Crippen LogP contribution is 2.37. The van der Waals surface area contributed by atoms with E-state index in [4.69, 9.17) is 21.6 Å². The highest BCUT2D eigenvalue weighted by Gasteiger charge is 2.25. The number of likely N-dealkylation sites (N-methyl/N-ethyl adjacent to an activating group) is 1. The van der Waals surface area contributed by atoms with Gasteiger partial charge in [0.2, 0.25) is 0 Å². The summed E-state index contributed by atoms with van der Waals surface area (Å²) in [5, 5.41) is 9.35. The number of carbonyl (C=O) groups excluding carboxylic acids is 1. The molecule has 4 nitrogen and oxygen atoms in total. The Kier molecular flexibility index (Phi) is 5.85. The first-order chi connectivity index (χ1) is 14.5. The summed E-state index contributed by atoms with van der Waals surface area (Å²) in [6.07, 6.45) is 0.888. The van der Waals surface area contributed by atoms with Gasteiger partial charge in [0.15, 0.2) is 0 Å². The molecule has 1 aliphatic rings. The predicted molar refractivity (Wildman–Crippen MR) is 117 cm³/mol. The lowest BCUT2D eigenvalue weighted by Gasteiger charge is -2.22. The second kappa shape index (κ2) is 8.71. The summed E-state index contributed by atoms with van der Waals surface area (Å²) in [7, 11) is 2.12. The van der Waals surface area contributed by atoms with E-state index >= 15 is 0 Å². The minimum Gasteiger partial charge on any atom is -0.421 e. The van der Waals surface area contributed by atoms with Crippen LogP contribution >= 0.6 is 11.6 Å². The standard InChI is InChI=1S/C25H21ClN2O2/c1-28-12-11-20-13-23(26)24(30-25(29)19-9-7-17(15-27)8-10-19)14-21(20)22(16-28)18-5-3-2-4-6-18/h2-10,13-14,22H,11-12,16H2,1H3/t22-/m0/s1. The number of hydrogen-bond acceptors (Lipinski definition) is 4. The number of esters is 1. The van der Waals surface area contributed by atoms with Crippen molar-refractivity contribution in [1.29, 1.82) is 5.26 Å². The third kappa shape index (κ3) is 4.23. The van der Waals surface area contributed by atoms with Crippen molar-refractivity contribution in [3.05, 3.63) is 99.6 Å². The van der Waals surface area contributed by atoms with Crippen molar-refractivity contribution in [1.82, 2.24) is 4.90 Å². The maximum atomic E-state index is 12.6. The third-order valence-electron chi connectivity index (χ3n) is 5.48. The van der Waals surface area contributed by atoms with Crippen molar-refractivity contribution < 1.29 is 9.53 Å². The number of fused-ring (bicyclic) bond motifs is 1. The maximum Gasteiger partial charge on any atom is 0.343 e. The molecule has 0 aliphatic carbocycles. The highest BCUT2D eigenvalue weighted by molar-refractivity contribution is 6.32. The van der Waals surface area contributed by atoms with Gasteiger partial charge in [-0.1, -0.05) is 41.9 Å². The summed E-state index contributed by atoms with van der Waals surface area (Å²) in [6.45, 7) is 1.82. The van der Waals surface area contributed by atoms with Gasteiger partial charge in [0, 0.05) is 19.0 Å². The van der Waals surface area contributed by atoms with Gasteiger partial charge in [-0.05, 0) is 66.6 Å². The number of nitriles is 1. The lowest BCUT2D eigenvalue weighted by Crippen LogP contribution is -2.24. The van der Waals surface area contributed by atoms with Gasteiger partial charge in [-0.15, -0.1) is 0 Å². The molecule has 1 atom stereocenters. The molecule has 0 bridgehead atoms. The van der Waals surface area contributed by atoms with Crippen LogP contribution in [0.2, 0.25) is 5.02 Å². The molecule has 1 aliphatic heterocycles. The second-order valence-corrected chi connectivity index (χ2v) is 7.94. The fraction of sp³-hybridized carbons (Fsp3) is 0.200. The van der Waals surface area contributed by atoms with E-state index in [0.29, 0.717) is 21.9 Å². The fourth-order valence-electron chi connectivity index (χ4n) is 3.85. The van der Waals surface area contributed by atoms with Crippen molar-refractivity contribution in [2.45, 2.75) is 12.3 Å². The summed E-state index contributed by atoms with van der Waals surface area (Å²) < 4.78 is 5.66. The molecule has 0 saturated heterocycles.